The molecule has 0 aromatic heterocycles. The molecule has 0 aliphatic carbocycles. The fourth-order valence-corrected chi connectivity index (χ4v) is 1.77. The van der Waals surface area contributed by atoms with Crippen molar-refractivity contribution in [2.75, 3.05) is 21.3 Å². The average Bonchev–Trinajstić information content (AvgIpc) is 2.42. The van der Waals surface area contributed by atoms with E-state index in [1.54, 1.807) is 27.4 Å². The highest BCUT2D eigenvalue weighted by Crippen LogP contribution is 2.39. The molecule has 0 fully saturated rings. The molecule has 0 saturated carbocycles. The molecule has 0 spiro atoms. The third-order valence-electron chi connectivity index (χ3n) is 2.69. The smallest absolute Gasteiger partial charge is 0.203 e. The van der Waals surface area contributed by atoms with Crippen LogP contribution in [0.4, 0.5) is 0 Å². The summed E-state index contributed by atoms with van der Waals surface area (Å²) in [5.74, 6) is 7.32. The first kappa shape index (κ1) is 14.3. The van der Waals surface area contributed by atoms with Crippen LogP contribution in [0.15, 0.2) is 24.8 Å². The van der Waals surface area contributed by atoms with Crippen LogP contribution in [0.5, 0.6) is 17.2 Å². The fraction of sp³-hybridized carbons (Fsp3) is 0.385. The van der Waals surface area contributed by atoms with Crippen molar-refractivity contribution in [1.29, 1.82) is 0 Å². The van der Waals surface area contributed by atoms with E-state index in [4.69, 9.17) is 20.1 Å². The predicted molar refractivity (Wildman–Crippen MR) is 71.0 cm³/mol. The maximum atomic E-state index is 5.53. The molecule has 0 heterocycles. The first-order valence-corrected chi connectivity index (χ1v) is 5.58. The van der Waals surface area contributed by atoms with Crippen molar-refractivity contribution in [1.82, 2.24) is 5.43 Å². The van der Waals surface area contributed by atoms with Gasteiger partial charge in [-0.1, -0.05) is 6.08 Å². The van der Waals surface area contributed by atoms with Crippen molar-refractivity contribution in [3.63, 3.8) is 0 Å². The molecule has 5 heteroatoms. The monoisotopic (exact) mass is 252 g/mol. The lowest BCUT2D eigenvalue weighted by Crippen LogP contribution is -2.27. The normalized spacial score (nSPS) is 11.8. The Morgan fingerprint density at radius 1 is 1.22 bits per heavy atom. The number of methoxy groups -OCH3 is 3. The summed E-state index contributed by atoms with van der Waals surface area (Å²) in [4.78, 5) is 0. The SMILES string of the molecule is C=CCC(NN)c1cc(OC)c(OC)c(OC)c1. The summed E-state index contributed by atoms with van der Waals surface area (Å²) in [6.45, 7) is 3.71. The molecule has 1 aromatic rings. The lowest BCUT2D eigenvalue weighted by Gasteiger charge is -2.19. The highest BCUT2D eigenvalue weighted by atomic mass is 16.5. The van der Waals surface area contributed by atoms with E-state index in [9.17, 15) is 0 Å². The molecule has 1 unspecified atom stereocenters. The molecular formula is C13H20N2O3. The molecule has 0 amide bonds. The standard InChI is InChI=1S/C13H20N2O3/c1-5-6-10(15-14)9-7-11(16-2)13(18-4)12(8-9)17-3/h5,7-8,10,15H,1,6,14H2,2-4H3. The van der Waals surface area contributed by atoms with Crippen LogP contribution in [0, 0.1) is 0 Å². The van der Waals surface area contributed by atoms with Crippen molar-refractivity contribution in [2.24, 2.45) is 5.84 Å². The van der Waals surface area contributed by atoms with Gasteiger partial charge in [0.25, 0.3) is 0 Å². The Labute approximate surface area is 107 Å². The van der Waals surface area contributed by atoms with E-state index in [1.165, 1.54) is 0 Å². The Morgan fingerprint density at radius 3 is 2.11 bits per heavy atom. The number of ether oxygens (including phenoxy) is 3. The zero-order valence-corrected chi connectivity index (χ0v) is 11.0. The van der Waals surface area contributed by atoms with E-state index in [0.29, 0.717) is 23.7 Å². The Balaban J connectivity index is 3.25. The van der Waals surface area contributed by atoms with E-state index in [2.05, 4.69) is 12.0 Å². The van der Waals surface area contributed by atoms with Crippen LogP contribution in [0.2, 0.25) is 0 Å². The van der Waals surface area contributed by atoms with Crippen LogP contribution in [-0.2, 0) is 0 Å². The second kappa shape index (κ2) is 6.88. The largest absolute Gasteiger partial charge is 0.493 e. The van der Waals surface area contributed by atoms with Crippen LogP contribution >= 0.6 is 0 Å². The predicted octanol–water partition coefficient (Wildman–Crippen LogP) is 1.79. The average molecular weight is 252 g/mol. The zero-order valence-electron chi connectivity index (χ0n) is 11.0. The highest BCUT2D eigenvalue weighted by molar-refractivity contribution is 5.54. The molecule has 0 aliphatic heterocycles. The summed E-state index contributed by atoms with van der Waals surface area (Å²) in [5, 5.41) is 0. The molecular weight excluding hydrogens is 232 g/mol. The van der Waals surface area contributed by atoms with Crippen LogP contribution in [0.25, 0.3) is 0 Å². The first-order valence-electron chi connectivity index (χ1n) is 5.58. The van der Waals surface area contributed by atoms with Gasteiger partial charge in [0.2, 0.25) is 5.75 Å². The lowest BCUT2D eigenvalue weighted by atomic mass is 10.0. The Hall–Kier alpha value is -1.72. The van der Waals surface area contributed by atoms with Crippen LogP contribution in [0.3, 0.4) is 0 Å². The fourth-order valence-electron chi connectivity index (χ4n) is 1.77. The number of hydrazine groups is 1. The maximum absolute atomic E-state index is 5.53. The van der Waals surface area contributed by atoms with Gasteiger partial charge in [-0.05, 0) is 24.1 Å². The van der Waals surface area contributed by atoms with Gasteiger partial charge in [0, 0.05) is 6.04 Å². The number of nitrogens with two attached hydrogens (primary N) is 1. The summed E-state index contributed by atoms with van der Waals surface area (Å²) < 4.78 is 15.9. The molecule has 18 heavy (non-hydrogen) atoms. The van der Waals surface area contributed by atoms with Gasteiger partial charge in [0.05, 0.1) is 21.3 Å². The van der Waals surface area contributed by atoms with Gasteiger partial charge < -0.3 is 14.2 Å². The minimum Gasteiger partial charge on any atom is -0.493 e. The van der Waals surface area contributed by atoms with Gasteiger partial charge in [-0.2, -0.15) is 0 Å². The van der Waals surface area contributed by atoms with E-state index >= 15 is 0 Å². The van der Waals surface area contributed by atoms with Gasteiger partial charge in [-0.15, -0.1) is 6.58 Å². The van der Waals surface area contributed by atoms with E-state index in [-0.39, 0.29) is 6.04 Å². The van der Waals surface area contributed by atoms with E-state index in [0.717, 1.165) is 5.56 Å². The number of hydrogen-bond acceptors (Lipinski definition) is 5. The third kappa shape index (κ3) is 2.94. The van der Waals surface area contributed by atoms with Crippen molar-refractivity contribution in [3.8, 4) is 17.2 Å². The molecule has 1 rings (SSSR count). The van der Waals surface area contributed by atoms with Gasteiger partial charge in [0.15, 0.2) is 11.5 Å². The van der Waals surface area contributed by atoms with Crippen LogP contribution < -0.4 is 25.5 Å². The molecule has 0 radical (unpaired) electrons. The second-order valence-corrected chi connectivity index (χ2v) is 3.70. The molecule has 3 N–H and O–H groups in total. The molecule has 1 aromatic carbocycles. The Bertz CT molecular complexity index is 382. The van der Waals surface area contributed by atoms with Crippen molar-refractivity contribution < 1.29 is 14.2 Å². The zero-order chi connectivity index (χ0) is 13.5. The van der Waals surface area contributed by atoms with Crippen molar-refractivity contribution in [3.05, 3.63) is 30.4 Å². The van der Waals surface area contributed by atoms with Gasteiger partial charge >= 0.3 is 0 Å². The van der Waals surface area contributed by atoms with Gasteiger partial charge in [0.1, 0.15) is 0 Å². The summed E-state index contributed by atoms with van der Waals surface area (Å²) in [6, 6.07) is 3.70. The Kier molecular flexibility index (Phi) is 5.48. The van der Waals surface area contributed by atoms with Crippen molar-refractivity contribution >= 4 is 0 Å². The first-order chi connectivity index (χ1) is 8.71. The number of benzene rings is 1. The number of hydrogen-bond donors (Lipinski definition) is 2. The molecule has 1 atom stereocenters. The number of rotatable bonds is 7. The van der Waals surface area contributed by atoms with Gasteiger partial charge in [-0.3, -0.25) is 11.3 Å². The molecule has 0 bridgehead atoms. The maximum Gasteiger partial charge on any atom is 0.203 e. The Morgan fingerprint density at radius 2 is 1.78 bits per heavy atom. The third-order valence-corrected chi connectivity index (χ3v) is 2.69. The number of nitrogens with one attached hydrogen (secondary N) is 1. The second-order valence-electron chi connectivity index (χ2n) is 3.70. The molecule has 100 valence electrons. The summed E-state index contributed by atoms with van der Waals surface area (Å²) in [6.07, 6.45) is 2.50. The van der Waals surface area contributed by atoms with E-state index < -0.39 is 0 Å². The quantitative estimate of drug-likeness (QED) is 0.440. The van der Waals surface area contributed by atoms with Crippen molar-refractivity contribution in [2.45, 2.75) is 12.5 Å². The molecule has 0 aliphatic rings. The summed E-state index contributed by atoms with van der Waals surface area (Å²) in [5.41, 5.74) is 3.69. The molecule has 5 nitrogen and oxygen atoms in total. The summed E-state index contributed by atoms with van der Waals surface area (Å²) >= 11 is 0. The van der Waals surface area contributed by atoms with Crippen LogP contribution in [-0.4, -0.2) is 21.3 Å². The minimum atomic E-state index is -0.0452. The molecule has 0 saturated heterocycles. The van der Waals surface area contributed by atoms with Gasteiger partial charge in [-0.25, -0.2) is 0 Å². The lowest BCUT2D eigenvalue weighted by molar-refractivity contribution is 0.323. The van der Waals surface area contributed by atoms with E-state index in [1.807, 2.05) is 12.1 Å². The van der Waals surface area contributed by atoms with Crippen LogP contribution in [0.1, 0.15) is 18.0 Å². The highest BCUT2D eigenvalue weighted by Gasteiger charge is 2.17. The topological polar surface area (TPSA) is 65.7 Å². The minimum absolute atomic E-state index is 0.0452. The summed E-state index contributed by atoms with van der Waals surface area (Å²) in [7, 11) is 4.74.